The van der Waals surface area contributed by atoms with E-state index < -0.39 is 0 Å². The van der Waals surface area contributed by atoms with Crippen molar-refractivity contribution in [3.05, 3.63) is 64.9 Å². The van der Waals surface area contributed by atoms with Crippen molar-refractivity contribution in [2.24, 2.45) is 5.92 Å². The van der Waals surface area contributed by atoms with E-state index in [-0.39, 0.29) is 18.1 Å². The molecule has 0 unspecified atom stereocenters. The highest BCUT2D eigenvalue weighted by Gasteiger charge is 2.36. The van der Waals surface area contributed by atoms with Gasteiger partial charge in [0.15, 0.2) is 0 Å². The van der Waals surface area contributed by atoms with Crippen LogP contribution in [0.4, 0.5) is 10.5 Å². The first-order valence-corrected chi connectivity index (χ1v) is 8.17. The molecular formula is C19H20N2O2. The van der Waals surface area contributed by atoms with Gasteiger partial charge in [-0.1, -0.05) is 30.4 Å². The Labute approximate surface area is 135 Å². The number of nitrogens with one attached hydrogen (secondary N) is 2. The first-order chi connectivity index (χ1) is 11.3. The zero-order valence-electron chi connectivity index (χ0n) is 13.1. The number of alkyl carbamates (subject to hydrolysis) is 1. The summed E-state index contributed by atoms with van der Waals surface area (Å²) in [5, 5.41) is 6.61. The number of ether oxygens (including phenoxy) is 1. The summed E-state index contributed by atoms with van der Waals surface area (Å²) in [4.78, 5) is 11.9. The van der Waals surface area contributed by atoms with Gasteiger partial charge in [0, 0.05) is 23.3 Å². The molecule has 0 radical (unpaired) electrons. The Hall–Kier alpha value is -2.49. The molecule has 2 aliphatic carbocycles. The smallest absolute Gasteiger partial charge is 0.407 e. The molecule has 0 spiro atoms. The lowest BCUT2D eigenvalue weighted by atomic mass is 9.78. The van der Waals surface area contributed by atoms with Crippen molar-refractivity contribution in [1.29, 1.82) is 0 Å². The van der Waals surface area contributed by atoms with Crippen molar-refractivity contribution in [2.45, 2.75) is 25.8 Å². The van der Waals surface area contributed by atoms with E-state index in [1.165, 1.54) is 16.7 Å². The van der Waals surface area contributed by atoms with Crippen LogP contribution in [0, 0.1) is 5.92 Å². The van der Waals surface area contributed by atoms with Gasteiger partial charge in [0.05, 0.1) is 6.61 Å². The van der Waals surface area contributed by atoms with Crippen molar-refractivity contribution in [3.63, 3.8) is 0 Å². The first kappa shape index (κ1) is 14.1. The van der Waals surface area contributed by atoms with Crippen molar-refractivity contribution < 1.29 is 9.53 Å². The molecule has 4 nitrogen and oxygen atoms in total. The van der Waals surface area contributed by atoms with E-state index in [0.717, 1.165) is 24.2 Å². The average molecular weight is 308 g/mol. The number of para-hydroxylation sites is 1. The van der Waals surface area contributed by atoms with Crippen molar-refractivity contribution in [2.75, 3.05) is 11.9 Å². The molecule has 0 saturated carbocycles. The van der Waals surface area contributed by atoms with Gasteiger partial charge in [-0.15, -0.1) is 0 Å². The van der Waals surface area contributed by atoms with E-state index in [1.807, 2.05) is 6.92 Å². The molecule has 3 aliphatic rings. The Morgan fingerprint density at radius 1 is 1.35 bits per heavy atom. The van der Waals surface area contributed by atoms with Gasteiger partial charge in [-0.2, -0.15) is 0 Å². The maximum absolute atomic E-state index is 11.9. The van der Waals surface area contributed by atoms with Crippen LogP contribution in [-0.4, -0.2) is 18.7 Å². The van der Waals surface area contributed by atoms with Crippen LogP contribution in [0.25, 0.3) is 0 Å². The van der Waals surface area contributed by atoms with E-state index in [4.69, 9.17) is 4.74 Å². The van der Waals surface area contributed by atoms with Gasteiger partial charge in [-0.05, 0) is 48.6 Å². The summed E-state index contributed by atoms with van der Waals surface area (Å²) in [5.41, 5.74) is 6.20. The Kier molecular flexibility index (Phi) is 3.45. The van der Waals surface area contributed by atoms with Crippen molar-refractivity contribution in [3.8, 4) is 0 Å². The van der Waals surface area contributed by atoms with Gasteiger partial charge in [0.2, 0.25) is 0 Å². The third-order valence-electron chi connectivity index (χ3n) is 4.78. The average Bonchev–Trinajstić information content (AvgIpc) is 2.86. The molecule has 2 atom stereocenters. The monoisotopic (exact) mass is 308 g/mol. The van der Waals surface area contributed by atoms with Gasteiger partial charge in [-0.3, -0.25) is 0 Å². The fraction of sp³-hybridized carbons (Fsp3) is 0.316. The number of carbonyl (C=O) groups excluding carboxylic acids is 1. The second-order valence-corrected chi connectivity index (χ2v) is 6.12. The summed E-state index contributed by atoms with van der Waals surface area (Å²) in [6.45, 7) is 2.22. The fourth-order valence-electron chi connectivity index (χ4n) is 3.76. The number of carbonyl (C=O) groups is 1. The number of fused-ring (bicyclic) bond motifs is 1. The second-order valence-electron chi connectivity index (χ2n) is 6.12. The van der Waals surface area contributed by atoms with Crippen molar-refractivity contribution in [1.82, 2.24) is 5.32 Å². The largest absolute Gasteiger partial charge is 0.450 e. The third kappa shape index (κ3) is 2.44. The molecule has 4 heteroatoms. The summed E-state index contributed by atoms with van der Waals surface area (Å²) in [6, 6.07) is 8.46. The summed E-state index contributed by atoms with van der Waals surface area (Å²) in [5.74, 6) is 0.264. The van der Waals surface area contributed by atoms with Crippen LogP contribution in [0.2, 0.25) is 0 Å². The number of rotatable bonds is 2. The van der Waals surface area contributed by atoms with Crippen LogP contribution in [0.5, 0.6) is 0 Å². The molecule has 118 valence electrons. The second kappa shape index (κ2) is 5.61. The van der Waals surface area contributed by atoms with Crippen LogP contribution in [0.15, 0.2) is 59.3 Å². The predicted molar refractivity (Wildman–Crippen MR) is 90.1 cm³/mol. The van der Waals surface area contributed by atoms with Gasteiger partial charge >= 0.3 is 6.09 Å². The van der Waals surface area contributed by atoms with Crippen LogP contribution in [0.1, 0.15) is 18.9 Å². The fourth-order valence-corrected chi connectivity index (χ4v) is 3.76. The Morgan fingerprint density at radius 2 is 2.22 bits per heavy atom. The summed E-state index contributed by atoms with van der Waals surface area (Å²) in [6.07, 6.45) is 7.94. The molecule has 1 amide bonds. The first-order valence-electron chi connectivity index (χ1n) is 8.17. The molecule has 1 aromatic rings. The maximum Gasteiger partial charge on any atom is 0.407 e. The molecule has 2 N–H and O–H groups in total. The molecule has 0 aromatic heterocycles. The molecule has 1 aliphatic heterocycles. The van der Waals surface area contributed by atoms with Gasteiger partial charge in [-0.25, -0.2) is 4.79 Å². The van der Waals surface area contributed by atoms with E-state index in [2.05, 4.69) is 53.1 Å². The molecule has 1 aromatic carbocycles. The maximum atomic E-state index is 11.9. The Balaban J connectivity index is 1.70. The minimum Gasteiger partial charge on any atom is -0.450 e. The highest BCUT2D eigenvalue weighted by molar-refractivity contribution is 5.70. The molecular weight excluding hydrogens is 288 g/mol. The lowest BCUT2D eigenvalue weighted by Crippen LogP contribution is -2.43. The van der Waals surface area contributed by atoms with Gasteiger partial charge < -0.3 is 15.4 Å². The van der Waals surface area contributed by atoms with E-state index in [0.29, 0.717) is 6.61 Å². The SMILES string of the molecule is CCOC(=O)N[C@H]1CC=C2C=CC3=C2[C@H]1Cc1ccccc1N3. The van der Waals surface area contributed by atoms with Gasteiger partial charge in [0.1, 0.15) is 0 Å². The van der Waals surface area contributed by atoms with E-state index >= 15 is 0 Å². The lowest BCUT2D eigenvalue weighted by molar-refractivity contribution is 0.144. The number of allylic oxidation sites excluding steroid dienone is 3. The predicted octanol–water partition coefficient (Wildman–Crippen LogP) is 3.54. The number of hydrogen-bond donors (Lipinski definition) is 2. The highest BCUT2D eigenvalue weighted by atomic mass is 16.5. The minimum atomic E-state index is -0.326. The van der Waals surface area contributed by atoms with E-state index in [1.54, 1.807) is 0 Å². The number of anilines is 1. The number of benzene rings is 1. The molecule has 1 heterocycles. The number of amides is 1. The summed E-state index contributed by atoms with van der Waals surface area (Å²) in [7, 11) is 0. The molecule has 0 fully saturated rings. The zero-order valence-corrected chi connectivity index (χ0v) is 13.1. The lowest BCUT2D eigenvalue weighted by Gasteiger charge is -2.32. The van der Waals surface area contributed by atoms with Gasteiger partial charge in [0.25, 0.3) is 0 Å². The van der Waals surface area contributed by atoms with Crippen LogP contribution >= 0.6 is 0 Å². The van der Waals surface area contributed by atoms with Crippen molar-refractivity contribution >= 4 is 11.8 Å². The zero-order chi connectivity index (χ0) is 15.8. The molecule has 0 bridgehead atoms. The summed E-state index contributed by atoms with van der Waals surface area (Å²) >= 11 is 0. The van der Waals surface area contributed by atoms with Crippen LogP contribution in [-0.2, 0) is 11.2 Å². The topological polar surface area (TPSA) is 50.4 Å². The highest BCUT2D eigenvalue weighted by Crippen LogP contribution is 2.42. The van der Waals surface area contributed by atoms with Crippen LogP contribution < -0.4 is 10.6 Å². The quantitative estimate of drug-likeness (QED) is 0.878. The summed E-state index contributed by atoms with van der Waals surface area (Å²) < 4.78 is 5.08. The normalized spacial score (nSPS) is 24.1. The molecule has 4 rings (SSSR count). The Bertz CT molecular complexity index is 745. The standard InChI is InChI=1S/C19H20N2O2/c1-2-23-19(22)21-16-9-7-12-8-10-17-18(12)14(16)11-13-5-3-4-6-15(13)20-17/h3-8,10,14,16,20H,2,9,11H2,1H3,(H,21,22)/t14-,16-/m0/s1. The Morgan fingerprint density at radius 3 is 3.09 bits per heavy atom. The third-order valence-corrected chi connectivity index (χ3v) is 4.78. The molecule has 23 heavy (non-hydrogen) atoms. The van der Waals surface area contributed by atoms with E-state index in [9.17, 15) is 4.79 Å². The minimum absolute atomic E-state index is 0.0654. The molecule has 0 saturated heterocycles. The number of hydrogen-bond acceptors (Lipinski definition) is 3. The van der Waals surface area contributed by atoms with Crippen LogP contribution in [0.3, 0.4) is 0 Å².